The number of rotatable bonds is 4. The van der Waals surface area contributed by atoms with Gasteiger partial charge >= 0.3 is 0 Å². The van der Waals surface area contributed by atoms with E-state index in [1.54, 1.807) is 6.07 Å². The largest absolute Gasteiger partial charge is 0.324 e. The molecule has 0 spiro atoms. The summed E-state index contributed by atoms with van der Waals surface area (Å²) < 4.78 is 1.82. The molecule has 0 radical (unpaired) electrons. The Bertz CT molecular complexity index is 539. The fourth-order valence-corrected chi connectivity index (χ4v) is 2.27. The molecule has 0 fully saturated rings. The van der Waals surface area contributed by atoms with Crippen LogP contribution in [0.4, 0.5) is 0 Å². The fraction of sp³-hybridized carbons (Fsp3) is 0.333. The Kier molecular flexibility index (Phi) is 4.22. The molecule has 0 saturated carbocycles. The van der Waals surface area contributed by atoms with Crippen molar-refractivity contribution in [3.05, 3.63) is 46.0 Å². The molecule has 1 heterocycles. The highest BCUT2D eigenvalue weighted by Gasteiger charge is 2.15. The molecule has 1 unspecified atom stereocenters. The lowest BCUT2D eigenvalue weighted by Crippen LogP contribution is -2.17. The minimum absolute atomic E-state index is 0.245. The van der Waals surface area contributed by atoms with Gasteiger partial charge in [-0.3, -0.25) is 4.68 Å². The van der Waals surface area contributed by atoms with Gasteiger partial charge in [0.15, 0.2) is 0 Å². The van der Waals surface area contributed by atoms with Crippen LogP contribution in [0.3, 0.4) is 0 Å². The van der Waals surface area contributed by atoms with Crippen molar-refractivity contribution in [1.82, 2.24) is 14.8 Å². The van der Waals surface area contributed by atoms with Gasteiger partial charge in [-0.2, -0.15) is 5.10 Å². The molecule has 6 heteroatoms. The number of nitrogens with two attached hydrogens (primary N) is 1. The summed E-state index contributed by atoms with van der Waals surface area (Å²) in [7, 11) is 0. The smallest absolute Gasteiger partial charge is 0.138 e. The van der Waals surface area contributed by atoms with Crippen LogP contribution in [0, 0.1) is 0 Å². The predicted octanol–water partition coefficient (Wildman–Crippen LogP) is 2.85. The van der Waals surface area contributed by atoms with Crippen molar-refractivity contribution in [2.24, 2.45) is 5.73 Å². The zero-order valence-corrected chi connectivity index (χ0v) is 11.5. The zero-order valence-electron chi connectivity index (χ0n) is 9.98. The van der Waals surface area contributed by atoms with E-state index in [0.717, 1.165) is 17.9 Å². The second-order valence-electron chi connectivity index (χ2n) is 3.95. The highest BCUT2D eigenvalue weighted by Crippen LogP contribution is 2.30. The third-order valence-electron chi connectivity index (χ3n) is 2.78. The van der Waals surface area contributed by atoms with Crippen LogP contribution in [0.15, 0.2) is 24.5 Å². The Labute approximate surface area is 116 Å². The van der Waals surface area contributed by atoms with E-state index in [-0.39, 0.29) is 6.04 Å². The third-order valence-corrected chi connectivity index (χ3v) is 3.61. The van der Waals surface area contributed by atoms with Gasteiger partial charge in [0.05, 0.1) is 10.0 Å². The van der Waals surface area contributed by atoms with E-state index in [4.69, 9.17) is 28.9 Å². The van der Waals surface area contributed by atoms with Gasteiger partial charge in [0, 0.05) is 19.0 Å². The summed E-state index contributed by atoms with van der Waals surface area (Å²) >= 11 is 12.1. The second kappa shape index (κ2) is 5.69. The lowest BCUT2D eigenvalue weighted by atomic mass is 10.0. The van der Waals surface area contributed by atoms with Crippen molar-refractivity contribution in [2.45, 2.75) is 25.9 Å². The topological polar surface area (TPSA) is 56.7 Å². The molecule has 1 atom stereocenters. The SMILES string of the molecule is CCn1ncnc1CC(N)c1cccc(Cl)c1Cl. The van der Waals surface area contributed by atoms with Crippen LogP contribution in [0.5, 0.6) is 0 Å². The average molecular weight is 285 g/mol. The van der Waals surface area contributed by atoms with Gasteiger partial charge in [-0.25, -0.2) is 4.98 Å². The molecule has 0 amide bonds. The van der Waals surface area contributed by atoms with Gasteiger partial charge in [-0.1, -0.05) is 35.3 Å². The maximum Gasteiger partial charge on any atom is 0.138 e. The Morgan fingerprint density at radius 1 is 1.39 bits per heavy atom. The Hall–Kier alpha value is -1.10. The molecule has 1 aromatic heterocycles. The van der Waals surface area contributed by atoms with Crippen molar-refractivity contribution in [3.8, 4) is 0 Å². The summed E-state index contributed by atoms with van der Waals surface area (Å²) in [5.41, 5.74) is 6.98. The molecule has 0 saturated heterocycles. The summed E-state index contributed by atoms with van der Waals surface area (Å²) in [4.78, 5) is 4.20. The number of hydrogen-bond donors (Lipinski definition) is 1. The van der Waals surface area contributed by atoms with E-state index >= 15 is 0 Å². The van der Waals surface area contributed by atoms with Crippen molar-refractivity contribution in [1.29, 1.82) is 0 Å². The molecule has 0 aliphatic carbocycles. The fourth-order valence-electron chi connectivity index (χ4n) is 1.82. The van der Waals surface area contributed by atoms with E-state index in [0.29, 0.717) is 16.5 Å². The van der Waals surface area contributed by atoms with E-state index < -0.39 is 0 Å². The van der Waals surface area contributed by atoms with Gasteiger partial charge in [-0.05, 0) is 18.6 Å². The highest BCUT2D eigenvalue weighted by atomic mass is 35.5. The third kappa shape index (κ3) is 2.66. The number of aromatic nitrogens is 3. The molecule has 0 aliphatic heterocycles. The second-order valence-corrected chi connectivity index (χ2v) is 4.73. The molecule has 96 valence electrons. The molecular formula is C12H14Cl2N4. The number of halogens is 2. The van der Waals surface area contributed by atoms with Crippen LogP contribution in [0.1, 0.15) is 24.4 Å². The van der Waals surface area contributed by atoms with Gasteiger partial charge in [-0.15, -0.1) is 0 Å². The monoisotopic (exact) mass is 284 g/mol. The molecule has 0 bridgehead atoms. The molecule has 2 rings (SSSR count). The zero-order chi connectivity index (χ0) is 13.1. The van der Waals surface area contributed by atoms with Gasteiger partial charge in [0.2, 0.25) is 0 Å². The first-order chi connectivity index (χ1) is 8.63. The number of hydrogen-bond acceptors (Lipinski definition) is 3. The Balaban J connectivity index is 2.22. The number of benzene rings is 1. The van der Waals surface area contributed by atoms with Crippen LogP contribution in [-0.4, -0.2) is 14.8 Å². The van der Waals surface area contributed by atoms with Gasteiger partial charge < -0.3 is 5.73 Å². The summed E-state index contributed by atoms with van der Waals surface area (Å²) in [6, 6.07) is 5.22. The van der Waals surface area contributed by atoms with Crippen LogP contribution >= 0.6 is 23.2 Å². The number of nitrogens with zero attached hydrogens (tertiary/aromatic N) is 3. The van der Waals surface area contributed by atoms with Crippen LogP contribution < -0.4 is 5.73 Å². The quantitative estimate of drug-likeness (QED) is 0.939. The normalized spacial score (nSPS) is 12.7. The first-order valence-corrected chi connectivity index (χ1v) is 6.45. The maximum absolute atomic E-state index is 6.16. The Morgan fingerprint density at radius 2 is 2.17 bits per heavy atom. The lowest BCUT2D eigenvalue weighted by Gasteiger charge is -2.14. The van der Waals surface area contributed by atoms with E-state index in [1.165, 1.54) is 6.33 Å². The van der Waals surface area contributed by atoms with Gasteiger partial charge in [0.1, 0.15) is 12.2 Å². The molecule has 2 N–H and O–H groups in total. The van der Waals surface area contributed by atoms with Crippen LogP contribution in [-0.2, 0) is 13.0 Å². The van der Waals surface area contributed by atoms with Crippen molar-refractivity contribution >= 4 is 23.2 Å². The summed E-state index contributed by atoms with van der Waals surface area (Å²) in [6.07, 6.45) is 2.11. The lowest BCUT2D eigenvalue weighted by molar-refractivity contribution is 0.581. The Morgan fingerprint density at radius 3 is 2.89 bits per heavy atom. The highest BCUT2D eigenvalue weighted by molar-refractivity contribution is 6.42. The van der Waals surface area contributed by atoms with Gasteiger partial charge in [0.25, 0.3) is 0 Å². The molecule has 0 aliphatic rings. The summed E-state index contributed by atoms with van der Waals surface area (Å²) in [6.45, 7) is 2.78. The summed E-state index contributed by atoms with van der Waals surface area (Å²) in [5, 5.41) is 5.14. The standard InChI is InChI=1S/C12H14Cl2N4/c1-2-18-11(16-7-17-18)6-10(15)8-4-3-5-9(13)12(8)14/h3-5,7,10H,2,6,15H2,1H3. The average Bonchev–Trinajstić information content (AvgIpc) is 2.79. The minimum atomic E-state index is -0.245. The van der Waals surface area contributed by atoms with E-state index in [9.17, 15) is 0 Å². The first kappa shape index (κ1) is 13.3. The first-order valence-electron chi connectivity index (χ1n) is 5.69. The van der Waals surface area contributed by atoms with Crippen LogP contribution in [0.25, 0.3) is 0 Å². The molecular weight excluding hydrogens is 271 g/mol. The minimum Gasteiger partial charge on any atom is -0.324 e. The maximum atomic E-state index is 6.16. The molecule has 4 nitrogen and oxygen atoms in total. The molecule has 2 aromatic rings. The van der Waals surface area contributed by atoms with Crippen LogP contribution in [0.2, 0.25) is 10.0 Å². The molecule has 18 heavy (non-hydrogen) atoms. The molecule has 1 aromatic carbocycles. The van der Waals surface area contributed by atoms with E-state index in [1.807, 2.05) is 23.7 Å². The number of aryl methyl sites for hydroxylation is 1. The van der Waals surface area contributed by atoms with Crippen molar-refractivity contribution in [3.63, 3.8) is 0 Å². The van der Waals surface area contributed by atoms with Crippen molar-refractivity contribution < 1.29 is 0 Å². The van der Waals surface area contributed by atoms with E-state index in [2.05, 4.69) is 10.1 Å². The predicted molar refractivity (Wildman–Crippen MR) is 72.8 cm³/mol. The summed E-state index contributed by atoms with van der Waals surface area (Å²) in [5.74, 6) is 0.848. The van der Waals surface area contributed by atoms with Crippen molar-refractivity contribution in [2.75, 3.05) is 0 Å².